The Kier molecular flexibility index (Phi) is 5.03. The summed E-state index contributed by atoms with van der Waals surface area (Å²) in [7, 11) is 0. The molecule has 1 atom stereocenters. The van der Waals surface area contributed by atoms with Crippen molar-refractivity contribution in [3.05, 3.63) is 29.8 Å². The molecule has 4 nitrogen and oxygen atoms in total. The molecule has 1 aromatic rings. The van der Waals surface area contributed by atoms with Crippen LogP contribution in [0.25, 0.3) is 0 Å². The first kappa shape index (κ1) is 13.6. The first-order chi connectivity index (χ1) is 7.99. The maximum Gasteiger partial charge on any atom is 0.327 e. The molecule has 0 bridgehead atoms. The van der Waals surface area contributed by atoms with Gasteiger partial charge in [0.15, 0.2) is 0 Å². The third-order valence-electron chi connectivity index (χ3n) is 2.08. The van der Waals surface area contributed by atoms with Gasteiger partial charge >= 0.3 is 5.97 Å². The highest BCUT2D eigenvalue weighted by atomic mass is 32.2. The van der Waals surface area contributed by atoms with Gasteiger partial charge in [0.2, 0.25) is 5.91 Å². The number of hydrogen-bond donors (Lipinski definition) is 2. The van der Waals surface area contributed by atoms with E-state index in [1.807, 2.05) is 31.2 Å². The van der Waals surface area contributed by atoms with Crippen molar-refractivity contribution < 1.29 is 14.7 Å². The quantitative estimate of drug-likeness (QED) is 0.783. The summed E-state index contributed by atoms with van der Waals surface area (Å²) in [5, 5.41) is 11.3. The minimum Gasteiger partial charge on any atom is -0.480 e. The number of carboxylic acid groups (broad SMARTS) is 1. The van der Waals surface area contributed by atoms with E-state index in [0.29, 0.717) is 5.75 Å². The second-order valence-electron chi connectivity index (χ2n) is 3.72. The maximum atomic E-state index is 10.9. The number of thioether (sulfide) groups is 1. The van der Waals surface area contributed by atoms with Crippen molar-refractivity contribution in [1.82, 2.24) is 5.32 Å². The van der Waals surface area contributed by atoms with Crippen LogP contribution in [0.1, 0.15) is 12.5 Å². The van der Waals surface area contributed by atoms with Crippen LogP contribution in [0.15, 0.2) is 29.2 Å². The molecule has 0 aliphatic carbocycles. The van der Waals surface area contributed by atoms with Gasteiger partial charge in [-0.25, -0.2) is 4.79 Å². The summed E-state index contributed by atoms with van der Waals surface area (Å²) in [5.74, 6) is -1.03. The van der Waals surface area contributed by atoms with Crippen LogP contribution in [0.4, 0.5) is 0 Å². The van der Waals surface area contributed by atoms with Gasteiger partial charge in [-0.1, -0.05) is 17.7 Å². The molecule has 0 unspecified atom stereocenters. The van der Waals surface area contributed by atoms with Crippen LogP contribution in [0.2, 0.25) is 0 Å². The maximum absolute atomic E-state index is 10.9. The highest BCUT2D eigenvalue weighted by Crippen LogP contribution is 2.19. The molecule has 17 heavy (non-hydrogen) atoms. The molecule has 5 heteroatoms. The van der Waals surface area contributed by atoms with Gasteiger partial charge in [-0.05, 0) is 19.1 Å². The number of carbonyl (C=O) groups excluding carboxylic acids is 1. The Morgan fingerprint density at radius 2 is 2.18 bits per heavy atom. The third kappa shape index (κ3) is 4.91. The Hall–Kier alpha value is -1.49. The van der Waals surface area contributed by atoms with Crippen molar-refractivity contribution in [2.45, 2.75) is 24.8 Å². The van der Waals surface area contributed by atoms with Gasteiger partial charge in [-0.15, -0.1) is 11.8 Å². The fourth-order valence-electron chi connectivity index (χ4n) is 1.30. The Labute approximate surface area is 104 Å². The van der Waals surface area contributed by atoms with Crippen molar-refractivity contribution in [2.24, 2.45) is 0 Å². The van der Waals surface area contributed by atoms with Gasteiger partial charge in [-0.3, -0.25) is 4.79 Å². The Balaban J connectivity index is 2.57. The lowest BCUT2D eigenvalue weighted by Crippen LogP contribution is -2.41. The van der Waals surface area contributed by atoms with E-state index in [4.69, 9.17) is 5.11 Å². The second-order valence-corrected chi connectivity index (χ2v) is 4.81. The molecule has 1 aromatic carbocycles. The van der Waals surface area contributed by atoms with Gasteiger partial charge in [0.1, 0.15) is 6.04 Å². The van der Waals surface area contributed by atoms with Crippen molar-refractivity contribution in [1.29, 1.82) is 0 Å². The van der Waals surface area contributed by atoms with Crippen molar-refractivity contribution in [3.63, 3.8) is 0 Å². The van der Waals surface area contributed by atoms with Gasteiger partial charge in [0.05, 0.1) is 0 Å². The predicted octanol–water partition coefficient (Wildman–Crippen LogP) is 1.68. The average Bonchev–Trinajstić information content (AvgIpc) is 2.23. The largest absolute Gasteiger partial charge is 0.480 e. The Bertz CT molecular complexity index is 420. The Morgan fingerprint density at radius 1 is 1.47 bits per heavy atom. The third-order valence-corrected chi connectivity index (χ3v) is 3.17. The van der Waals surface area contributed by atoms with Crippen LogP contribution in [0.3, 0.4) is 0 Å². The number of rotatable bonds is 5. The second kappa shape index (κ2) is 6.30. The summed E-state index contributed by atoms with van der Waals surface area (Å²) < 4.78 is 0. The molecule has 0 radical (unpaired) electrons. The molecule has 0 saturated heterocycles. The van der Waals surface area contributed by atoms with Gasteiger partial charge in [0, 0.05) is 17.6 Å². The molecular weight excluding hydrogens is 238 g/mol. The molecule has 0 aliphatic rings. The lowest BCUT2D eigenvalue weighted by Gasteiger charge is -2.12. The van der Waals surface area contributed by atoms with E-state index in [1.54, 1.807) is 0 Å². The van der Waals surface area contributed by atoms with Crippen molar-refractivity contribution >= 4 is 23.6 Å². The average molecular weight is 253 g/mol. The molecular formula is C12H15NO3S. The lowest BCUT2D eigenvalue weighted by molar-refractivity contribution is -0.140. The van der Waals surface area contributed by atoms with Crippen LogP contribution >= 0.6 is 11.8 Å². The van der Waals surface area contributed by atoms with E-state index >= 15 is 0 Å². The fraction of sp³-hybridized carbons (Fsp3) is 0.333. The first-order valence-electron chi connectivity index (χ1n) is 5.18. The number of hydrogen-bond acceptors (Lipinski definition) is 3. The SMILES string of the molecule is CC(=O)N[C@@H](CSc1cccc(C)c1)C(=O)O. The summed E-state index contributed by atoms with van der Waals surface area (Å²) in [6.45, 7) is 3.29. The van der Waals surface area contributed by atoms with E-state index in [9.17, 15) is 9.59 Å². The lowest BCUT2D eigenvalue weighted by atomic mass is 10.2. The standard InChI is InChI=1S/C12H15NO3S/c1-8-4-3-5-10(6-8)17-7-11(12(15)16)13-9(2)14/h3-6,11H,7H2,1-2H3,(H,13,14)(H,15,16)/t11-/m0/s1. The predicted molar refractivity (Wildman–Crippen MR) is 67.1 cm³/mol. The normalized spacial score (nSPS) is 11.9. The van der Waals surface area contributed by atoms with Crippen molar-refractivity contribution in [2.75, 3.05) is 5.75 Å². The molecule has 2 N–H and O–H groups in total. The van der Waals surface area contributed by atoms with Gasteiger partial charge < -0.3 is 10.4 Å². The molecule has 0 heterocycles. The van der Waals surface area contributed by atoms with Crippen LogP contribution < -0.4 is 5.32 Å². The van der Waals surface area contributed by atoms with Gasteiger partial charge in [-0.2, -0.15) is 0 Å². The topological polar surface area (TPSA) is 66.4 Å². The molecule has 0 spiro atoms. The summed E-state index contributed by atoms with van der Waals surface area (Å²) in [4.78, 5) is 22.7. The molecule has 1 amide bonds. The highest BCUT2D eigenvalue weighted by Gasteiger charge is 2.18. The molecule has 0 aliphatic heterocycles. The van der Waals surface area contributed by atoms with Gasteiger partial charge in [0.25, 0.3) is 0 Å². The number of benzene rings is 1. The van der Waals surface area contributed by atoms with E-state index in [1.165, 1.54) is 18.7 Å². The number of amides is 1. The summed E-state index contributed by atoms with van der Waals surface area (Å²) >= 11 is 1.42. The van der Waals surface area contributed by atoms with E-state index in [2.05, 4.69) is 5.32 Å². The first-order valence-corrected chi connectivity index (χ1v) is 6.17. The summed E-state index contributed by atoms with van der Waals surface area (Å²) in [6.07, 6.45) is 0. The zero-order chi connectivity index (χ0) is 12.8. The minimum absolute atomic E-state index is 0.318. The summed E-state index contributed by atoms with van der Waals surface area (Å²) in [6, 6.07) is 6.96. The van der Waals surface area contributed by atoms with Crippen LogP contribution in [0.5, 0.6) is 0 Å². The number of nitrogens with one attached hydrogen (secondary N) is 1. The van der Waals surface area contributed by atoms with Crippen LogP contribution in [-0.2, 0) is 9.59 Å². The number of carbonyl (C=O) groups is 2. The smallest absolute Gasteiger partial charge is 0.327 e. The number of aliphatic carboxylic acids is 1. The number of aryl methyl sites for hydroxylation is 1. The molecule has 1 rings (SSSR count). The monoisotopic (exact) mass is 253 g/mol. The van der Waals surface area contributed by atoms with Crippen LogP contribution in [0, 0.1) is 6.92 Å². The highest BCUT2D eigenvalue weighted by molar-refractivity contribution is 7.99. The molecule has 92 valence electrons. The Morgan fingerprint density at radius 3 is 2.71 bits per heavy atom. The molecule has 0 saturated carbocycles. The van der Waals surface area contributed by atoms with Crippen molar-refractivity contribution in [3.8, 4) is 0 Å². The number of carboxylic acids is 1. The fourth-order valence-corrected chi connectivity index (χ4v) is 2.33. The zero-order valence-electron chi connectivity index (χ0n) is 9.77. The van der Waals surface area contributed by atoms with E-state index < -0.39 is 12.0 Å². The van der Waals surface area contributed by atoms with Crippen LogP contribution in [-0.4, -0.2) is 28.8 Å². The minimum atomic E-state index is -1.01. The molecule has 0 aromatic heterocycles. The van der Waals surface area contributed by atoms with E-state index in [-0.39, 0.29) is 5.91 Å². The van der Waals surface area contributed by atoms with E-state index in [0.717, 1.165) is 10.5 Å². The molecule has 0 fully saturated rings. The summed E-state index contributed by atoms with van der Waals surface area (Å²) in [5.41, 5.74) is 1.13. The zero-order valence-corrected chi connectivity index (χ0v) is 10.6.